The summed E-state index contributed by atoms with van der Waals surface area (Å²) in [7, 11) is -4.04. The number of nitrogens with one attached hydrogen (secondary N) is 1. The molecule has 4 N–H and O–H groups in total. The summed E-state index contributed by atoms with van der Waals surface area (Å²) in [5.41, 5.74) is 5.23. The van der Waals surface area contributed by atoms with Crippen LogP contribution in [0.25, 0.3) is 0 Å². The summed E-state index contributed by atoms with van der Waals surface area (Å²) in [5, 5.41) is 8.73. The molecule has 0 amide bonds. The average Bonchev–Trinajstić information content (AvgIpc) is 2.16. The van der Waals surface area contributed by atoms with Gasteiger partial charge in [0.25, 0.3) is 0 Å². The summed E-state index contributed by atoms with van der Waals surface area (Å²) in [6.45, 7) is 1.07. The first-order valence-electron chi connectivity index (χ1n) is 4.55. The van der Waals surface area contributed by atoms with Gasteiger partial charge in [-0.1, -0.05) is 6.07 Å². The van der Waals surface area contributed by atoms with Gasteiger partial charge in [-0.05, 0) is 19.1 Å². The second kappa shape index (κ2) is 4.77. The molecule has 5 nitrogen and oxygen atoms in total. The maximum absolute atomic E-state index is 13.3. The Morgan fingerprint density at radius 3 is 2.69 bits per heavy atom. The first kappa shape index (κ1) is 12.9. The number of halogens is 1. The van der Waals surface area contributed by atoms with Crippen LogP contribution in [-0.4, -0.2) is 26.2 Å². The molecule has 1 aromatic carbocycles. The topological polar surface area (TPSA) is 92.4 Å². The van der Waals surface area contributed by atoms with Gasteiger partial charge in [0, 0.05) is 6.04 Å². The third-order valence-electron chi connectivity index (χ3n) is 1.90. The van der Waals surface area contributed by atoms with Crippen molar-refractivity contribution >= 4 is 15.7 Å². The van der Waals surface area contributed by atoms with E-state index >= 15 is 0 Å². The zero-order chi connectivity index (χ0) is 12.3. The van der Waals surface area contributed by atoms with E-state index in [1.165, 1.54) is 19.1 Å². The molecule has 0 aliphatic carbocycles. The first-order chi connectivity index (χ1) is 7.38. The van der Waals surface area contributed by atoms with E-state index in [1.807, 2.05) is 0 Å². The van der Waals surface area contributed by atoms with E-state index in [0.29, 0.717) is 0 Å². The highest BCUT2D eigenvalue weighted by Gasteiger charge is 2.23. The first-order valence-corrected chi connectivity index (χ1v) is 6.04. The summed E-state index contributed by atoms with van der Waals surface area (Å²) in [5.74, 6) is -0.919. The minimum absolute atomic E-state index is 0.169. The van der Waals surface area contributed by atoms with E-state index in [1.54, 1.807) is 0 Å². The lowest BCUT2D eigenvalue weighted by molar-refractivity contribution is 0.265. The van der Waals surface area contributed by atoms with Crippen molar-refractivity contribution in [2.24, 2.45) is 0 Å². The van der Waals surface area contributed by atoms with Gasteiger partial charge in [0.05, 0.1) is 12.3 Å². The highest BCUT2D eigenvalue weighted by molar-refractivity contribution is 7.89. The highest BCUT2D eigenvalue weighted by atomic mass is 32.2. The number of aliphatic hydroxyl groups is 1. The molecule has 1 aromatic rings. The van der Waals surface area contributed by atoms with Crippen LogP contribution in [0.3, 0.4) is 0 Å². The zero-order valence-electron chi connectivity index (χ0n) is 8.64. The van der Waals surface area contributed by atoms with Gasteiger partial charge in [0.2, 0.25) is 10.0 Å². The lowest BCUT2D eigenvalue weighted by atomic mass is 10.3. The summed E-state index contributed by atoms with van der Waals surface area (Å²) in [6, 6.07) is 2.92. The van der Waals surface area contributed by atoms with E-state index in [0.717, 1.165) is 6.07 Å². The van der Waals surface area contributed by atoms with E-state index in [4.69, 9.17) is 10.8 Å². The second-order valence-corrected chi connectivity index (χ2v) is 5.01. The Labute approximate surface area is 93.1 Å². The SMILES string of the molecule is CC(CO)NS(=O)(=O)c1c(N)cccc1F. The van der Waals surface area contributed by atoms with Crippen LogP contribution in [0, 0.1) is 5.82 Å². The molecule has 0 fully saturated rings. The second-order valence-electron chi connectivity index (χ2n) is 3.36. The summed E-state index contributed by atoms with van der Waals surface area (Å²) in [6.07, 6.45) is 0. The summed E-state index contributed by atoms with van der Waals surface area (Å²) < 4.78 is 38.8. The third-order valence-corrected chi connectivity index (χ3v) is 3.58. The number of benzene rings is 1. The predicted molar refractivity (Wildman–Crippen MR) is 57.7 cm³/mol. The Bertz CT molecular complexity index is 455. The van der Waals surface area contributed by atoms with Crippen LogP contribution in [0.4, 0.5) is 10.1 Å². The number of hydrogen-bond donors (Lipinski definition) is 3. The molecular weight excluding hydrogens is 235 g/mol. The molecule has 0 aromatic heterocycles. The smallest absolute Gasteiger partial charge is 0.245 e. The number of hydrogen-bond acceptors (Lipinski definition) is 4. The predicted octanol–water partition coefficient (Wildman–Crippen LogP) is 0.0670. The van der Waals surface area contributed by atoms with Crippen molar-refractivity contribution in [3.05, 3.63) is 24.0 Å². The molecule has 7 heteroatoms. The lowest BCUT2D eigenvalue weighted by Gasteiger charge is -2.13. The number of nitrogens with two attached hydrogens (primary N) is 1. The van der Waals surface area contributed by atoms with Crippen molar-refractivity contribution in [3.63, 3.8) is 0 Å². The van der Waals surface area contributed by atoms with Gasteiger partial charge in [0.1, 0.15) is 10.7 Å². The molecule has 16 heavy (non-hydrogen) atoms. The van der Waals surface area contributed by atoms with Crippen molar-refractivity contribution in [2.45, 2.75) is 17.9 Å². The molecule has 0 aliphatic rings. The van der Waals surface area contributed by atoms with Crippen molar-refractivity contribution in [2.75, 3.05) is 12.3 Å². The number of nitrogen functional groups attached to an aromatic ring is 1. The van der Waals surface area contributed by atoms with E-state index < -0.39 is 26.8 Å². The van der Waals surface area contributed by atoms with Gasteiger partial charge >= 0.3 is 0 Å². The summed E-state index contributed by atoms with van der Waals surface area (Å²) in [4.78, 5) is -0.588. The van der Waals surface area contributed by atoms with Crippen molar-refractivity contribution in [1.82, 2.24) is 4.72 Å². The van der Waals surface area contributed by atoms with Crippen LogP contribution < -0.4 is 10.5 Å². The minimum atomic E-state index is -4.04. The van der Waals surface area contributed by atoms with Crippen LogP contribution in [0.5, 0.6) is 0 Å². The fraction of sp³-hybridized carbons (Fsp3) is 0.333. The Kier molecular flexibility index (Phi) is 3.84. The molecule has 0 spiro atoms. The molecular formula is C9H13FN2O3S. The fourth-order valence-electron chi connectivity index (χ4n) is 1.17. The molecule has 1 atom stereocenters. The van der Waals surface area contributed by atoms with E-state index in [9.17, 15) is 12.8 Å². The molecule has 1 rings (SSSR count). The standard InChI is InChI=1S/C9H13FN2O3S/c1-6(5-13)12-16(14,15)9-7(10)3-2-4-8(9)11/h2-4,6,12-13H,5,11H2,1H3. The van der Waals surface area contributed by atoms with Gasteiger partial charge in [0.15, 0.2) is 0 Å². The van der Waals surface area contributed by atoms with Gasteiger partial charge in [-0.3, -0.25) is 0 Å². The molecule has 0 saturated heterocycles. The van der Waals surface area contributed by atoms with Crippen molar-refractivity contribution in [3.8, 4) is 0 Å². The Morgan fingerprint density at radius 2 is 2.19 bits per heavy atom. The zero-order valence-corrected chi connectivity index (χ0v) is 9.46. The molecule has 0 aliphatic heterocycles. The molecule has 0 heterocycles. The monoisotopic (exact) mass is 248 g/mol. The summed E-state index contributed by atoms with van der Waals surface area (Å²) >= 11 is 0. The number of sulfonamides is 1. The Balaban J connectivity index is 3.17. The van der Waals surface area contributed by atoms with Crippen molar-refractivity contribution in [1.29, 1.82) is 0 Å². The maximum atomic E-state index is 13.3. The fourth-order valence-corrected chi connectivity index (χ4v) is 2.60. The van der Waals surface area contributed by atoms with Crippen LogP contribution in [-0.2, 0) is 10.0 Å². The van der Waals surface area contributed by atoms with E-state index in [2.05, 4.69) is 4.72 Å². The van der Waals surface area contributed by atoms with Gasteiger partial charge < -0.3 is 10.8 Å². The Hall–Kier alpha value is -1.18. The van der Waals surface area contributed by atoms with Crippen LogP contribution in [0.2, 0.25) is 0 Å². The average molecular weight is 248 g/mol. The number of aliphatic hydroxyl groups excluding tert-OH is 1. The van der Waals surface area contributed by atoms with Crippen LogP contribution in [0.15, 0.2) is 23.1 Å². The quantitative estimate of drug-likeness (QED) is 0.657. The van der Waals surface area contributed by atoms with Gasteiger partial charge in [-0.15, -0.1) is 0 Å². The third kappa shape index (κ3) is 2.69. The lowest BCUT2D eigenvalue weighted by Crippen LogP contribution is -2.35. The molecule has 0 radical (unpaired) electrons. The Morgan fingerprint density at radius 1 is 1.56 bits per heavy atom. The molecule has 0 bridgehead atoms. The number of anilines is 1. The van der Waals surface area contributed by atoms with Crippen LogP contribution in [0.1, 0.15) is 6.92 Å². The minimum Gasteiger partial charge on any atom is -0.398 e. The largest absolute Gasteiger partial charge is 0.398 e. The maximum Gasteiger partial charge on any atom is 0.245 e. The van der Waals surface area contributed by atoms with E-state index in [-0.39, 0.29) is 12.3 Å². The van der Waals surface area contributed by atoms with Crippen molar-refractivity contribution < 1.29 is 17.9 Å². The highest BCUT2D eigenvalue weighted by Crippen LogP contribution is 2.21. The van der Waals surface area contributed by atoms with Gasteiger partial charge in [-0.2, -0.15) is 0 Å². The molecule has 90 valence electrons. The number of rotatable bonds is 4. The molecule has 0 saturated carbocycles. The molecule has 1 unspecified atom stereocenters. The van der Waals surface area contributed by atoms with Crippen LogP contribution >= 0.6 is 0 Å². The normalized spacial score (nSPS) is 13.7. The van der Waals surface area contributed by atoms with Gasteiger partial charge in [-0.25, -0.2) is 17.5 Å².